The minimum Gasteiger partial charge on any atom is -0.383 e. The van der Waals surface area contributed by atoms with Crippen molar-refractivity contribution in [1.82, 2.24) is 57.3 Å². The number of fused-ring (bicyclic) bond motifs is 4. The molecule has 6 aromatic rings. The molecule has 6 fully saturated rings. The van der Waals surface area contributed by atoms with Crippen LogP contribution in [-0.2, 0) is 33.1 Å². The number of thiol groups is 1. The SMILES string of the molecule is CCC1(CC)O[C@@H](n2ccc(=O)[nH]c2=O)C(F)(F)[C@@H]1C.CC[C@@]1(CCl)O[C@@H](n2ccc(=O)[nH]c2=O)C(F)(F)[C@@H]1C.C[C@@H]1C(CO)(CO)O[C@@H](n2ccc(=O)[nH]c2=O)C1(F)F.C[C@H]1C(F)(F)[C@H](n2ccc(=O)[nH]c2=O)O[C@@]1(CO)CCl.C[C@H]1C(F)(F)[C@H]2O[C@]1(CCl)COc1nc(=O)ccn12.O=BS.[3H]C[C@@]1(CCl)O[C@@H](n2ccc(N)nc2=O)C(F)(F)[C@@H]1C. The first-order valence-corrected chi connectivity index (χ1v) is 39.0. The summed E-state index contributed by atoms with van der Waals surface area (Å²) in [7, 11) is 0. The molecule has 0 aromatic carbocycles. The second-order valence-electron chi connectivity index (χ2n) is 29.1. The Morgan fingerprint density at radius 2 is 0.760 bits per heavy atom. The van der Waals surface area contributed by atoms with Crippen molar-refractivity contribution >= 4 is 71.1 Å². The number of nitrogens with two attached hydrogens (primary N) is 1. The van der Waals surface area contributed by atoms with Crippen LogP contribution in [-0.4, -0.2) is 198 Å². The van der Waals surface area contributed by atoms with Gasteiger partial charge in [0.05, 0.1) is 95.7 Å². The van der Waals surface area contributed by atoms with Gasteiger partial charge in [-0.3, -0.25) is 71.3 Å². The molecule has 0 amide bonds. The summed E-state index contributed by atoms with van der Waals surface area (Å²) in [5.41, 5.74) is -11.2. The van der Waals surface area contributed by atoms with E-state index < -0.39 is 225 Å². The van der Waals surface area contributed by atoms with E-state index in [2.05, 4.69) is 22.4 Å². The summed E-state index contributed by atoms with van der Waals surface area (Å²) in [4.78, 5) is 128. The van der Waals surface area contributed by atoms with E-state index in [1.165, 1.54) is 46.9 Å². The summed E-state index contributed by atoms with van der Waals surface area (Å²) < 4.78 is 230. The molecule has 6 aromatic heterocycles. The molecule has 674 valence electrons. The number of H-pyrrole nitrogens is 4. The quantitative estimate of drug-likeness (QED) is 0.0250. The Kier molecular flexibility index (Phi) is 31.0. The number of nitrogens with zero attached hydrogens (tertiary/aromatic N) is 8. The first kappa shape index (κ1) is 98.7. The second-order valence-corrected chi connectivity index (χ2v) is 30.4. The number of ether oxygens (including phenoxy) is 7. The van der Waals surface area contributed by atoms with Gasteiger partial charge in [0, 0.05) is 68.9 Å². The summed E-state index contributed by atoms with van der Waals surface area (Å²) in [5.74, 6) is -28.3. The molecular weight excluding hydrogens is 1760 g/mol. The molecule has 0 spiro atoms. The molecule has 0 aliphatic carbocycles. The van der Waals surface area contributed by atoms with E-state index in [0.29, 0.717) is 44.0 Å². The Morgan fingerprint density at radius 3 is 1.07 bits per heavy atom. The Hall–Kier alpha value is -7.75. The Balaban J connectivity index is 0.000000200. The summed E-state index contributed by atoms with van der Waals surface area (Å²) in [6.07, 6.45) is -3.07. The minimum absolute atomic E-state index is 0.0651. The van der Waals surface area contributed by atoms with Crippen LogP contribution in [0.2, 0.25) is 0 Å². The number of halogens is 16. The van der Waals surface area contributed by atoms with E-state index in [4.69, 9.17) is 91.4 Å². The van der Waals surface area contributed by atoms with E-state index in [9.17, 15) is 116 Å². The van der Waals surface area contributed by atoms with Crippen molar-refractivity contribution in [3.05, 3.63) is 178 Å². The number of nitrogen functional groups attached to an aromatic ring is 1. The van der Waals surface area contributed by atoms with Crippen LogP contribution in [0.3, 0.4) is 0 Å². The van der Waals surface area contributed by atoms with Crippen molar-refractivity contribution in [2.24, 2.45) is 35.5 Å². The number of nitrogens with one attached hydrogen (secondary N) is 4. The van der Waals surface area contributed by atoms with Gasteiger partial charge in [0.25, 0.3) is 63.3 Å². The summed E-state index contributed by atoms with van der Waals surface area (Å²) in [6, 6.07) is 6.02. The van der Waals surface area contributed by atoms with Crippen molar-refractivity contribution < 1.29 is 107 Å². The fourth-order valence-corrected chi connectivity index (χ4v) is 15.6. The summed E-state index contributed by atoms with van der Waals surface area (Å²) in [6.45, 7) is 10.0. The number of aromatic nitrogens is 12. The van der Waals surface area contributed by atoms with Crippen molar-refractivity contribution in [3.63, 3.8) is 0 Å². The molecule has 0 radical (unpaired) electrons. The Labute approximate surface area is 702 Å². The second kappa shape index (κ2) is 38.0. The van der Waals surface area contributed by atoms with E-state index >= 15 is 0 Å². The van der Waals surface area contributed by atoms with Crippen molar-refractivity contribution in [3.8, 4) is 6.01 Å². The molecule has 7 aliphatic heterocycles. The van der Waals surface area contributed by atoms with Crippen LogP contribution in [0, 0.1) is 35.5 Å². The van der Waals surface area contributed by atoms with Crippen molar-refractivity contribution in [2.75, 3.05) is 55.7 Å². The van der Waals surface area contributed by atoms with E-state index in [1.807, 2.05) is 19.9 Å². The number of aromatic amines is 4. The zero-order valence-electron chi connectivity index (χ0n) is 66.3. The van der Waals surface area contributed by atoms with Gasteiger partial charge in [-0.05, 0) is 32.2 Å². The maximum Gasteiger partial charge on any atom is 0.351 e. The standard InChI is InChI=1S/C13H18F2N2O3.C12H15ClF2N2O3.C11H14ClF2N3O2.C11H13ClF2N2O4.C11H11ClF2N2O3.C11H14F2N2O5.BHOS/c1-4-12(5-2)8(3)13(14,15)10(20-12)17-7-6-9(18)16-11(17)19;1-3-11(6-13)7(2)12(14,15)9(20-11)17-5-4-8(18)16-10(17)19;1-6-10(2,5-12)19-8(11(6,13)14)17-4-3-7(15)16-9(17)18;1-6-10(4-12,5-17)20-8(11(6,13)14)16-3-2-7(18)15-9(16)19;1-6-10(4-12)5-18-9-15-7(17)2-3-16(9)8(19-10)11(6,13)14;1-6-10(4-16,5-17)20-8(11(6,12)13)15-3-2-7(18)14-9(15)19;2-1-3/h6-8,10H,4-5H2,1-3H3,(H,16,18,19);4-5,7,9H,3,6H2,1-2H3,(H,16,18,19);3-4,6,8H,5H2,1-2H3,(H2,15,16,18);2-3,6,8,17H,4-5H2,1H3,(H,15,18,19);2-3,6,8H,4-5H2,1H3;2-3,6,8,16-17H,4-5H2,1H3,(H,14,18,19);3H/t8-,10-;7-,9-,11+;6-,8-,10+;2*6-,8-,10-;6-,8-;/m111111./s1/i;;2T;;;;. The third-order valence-electron chi connectivity index (χ3n) is 22.8. The van der Waals surface area contributed by atoms with Crippen LogP contribution in [0.1, 0.15) is 127 Å². The molecule has 13 rings (SSSR count). The van der Waals surface area contributed by atoms with Crippen LogP contribution in [0.4, 0.5) is 58.5 Å². The van der Waals surface area contributed by atoms with Gasteiger partial charge in [0.2, 0.25) is 37.4 Å². The van der Waals surface area contributed by atoms with Crippen LogP contribution in [0.5, 0.6) is 6.01 Å². The predicted molar refractivity (Wildman–Crippen MR) is 410 cm³/mol. The molecule has 6 saturated heterocycles. The predicted octanol–water partition coefficient (Wildman–Crippen LogP) is 5.90. The number of aliphatic hydroxyl groups is 3. The minimum atomic E-state index is -3.51. The van der Waals surface area contributed by atoms with E-state index in [1.54, 1.807) is 20.8 Å². The first-order chi connectivity index (χ1) is 56.7. The molecule has 7 aliphatic rings. The zero-order valence-corrected chi connectivity index (χ0v) is 69.2. The number of aliphatic hydroxyl groups excluding tert-OH is 3. The number of hydrogen-bond donors (Lipinski definition) is 9. The Morgan fingerprint density at radius 1 is 0.446 bits per heavy atom. The number of alkyl halides is 16. The topological polar surface area (TPSA) is 458 Å². The van der Waals surface area contributed by atoms with Crippen LogP contribution >= 0.6 is 58.9 Å². The molecular formula is C69H86BCl4F12N13O21S. The molecule has 121 heavy (non-hydrogen) atoms. The zero-order chi connectivity index (χ0) is 92.2. The molecule has 13 heterocycles. The third kappa shape index (κ3) is 19.0. The molecule has 0 unspecified atom stereocenters. The molecule has 34 nitrogen and oxygen atoms in total. The van der Waals surface area contributed by atoms with Crippen LogP contribution in [0.15, 0.2) is 122 Å². The summed E-state index contributed by atoms with van der Waals surface area (Å²) in [5, 5.41) is 27.8. The third-order valence-corrected chi connectivity index (χ3v) is 24.6. The van der Waals surface area contributed by atoms with Crippen molar-refractivity contribution in [1.29, 1.82) is 0 Å². The molecule has 16 atom stereocenters. The van der Waals surface area contributed by atoms with Gasteiger partial charge in [-0.25, -0.2) is 76.7 Å². The van der Waals surface area contributed by atoms with Gasteiger partial charge in [0.1, 0.15) is 29.2 Å². The fraction of sp³-hybridized carbons (Fsp3) is 0.652. The Bertz CT molecular complexity index is 4860. The number of anilines is 1. The first-order valence-electron chi connectivity index (χ1n) is 37.0. The number of hydrogen-bond acceptors (Lipinski definition) is 24. The molecule has 9 N–H and O–H groups in total. The van der Waals surface area contributed by atoms with E-state index in [-0.39, 0.29) is 42.0 Å². The van der Waals surface area contributed by atoms with Gasteiger partial charge >= 0.3 is 58.1 Å². The average molecular weight is 1850 g/mol. The fourth-order valence-electron chi connectivity index (χ4n) is 14.1. The van der Waals surface area contributed by atoms with E-state index in [0.717, 1.165) is 77.4 Å². The number of rotatable bonds is 15. The van der Waals surface area contributed by atoms with Gasteiger partial charge in [-0.2, -0.15) is 9.97 Å². The largest absolute Gasteiger partial charge is 0.383 e. The van der Waals surface area contributed by atoms with Gasteiger partial charge < -0.3 is 54.2 Å². The van der Waals surface area contributed by atoms with Crippen LogP contribution < -0.4 is 66.7 Å². The monoisotopic (exact) mass is 1850 g/mol. The van der Waals surface area contributed by atoms with Crippen LogP contribution in [0.25, 0.3) is 0 Å². The molecule has 0 saturated carbocycles. The van der Waals surface area contributed by atoms with Gasteiger partial charge in [0.15, 0.2) is 0 Å². The summed E-state index contributed by atoms with van der Waals surface area (Å²) >= 11 is 26.1. The maximum atomic E-state index is 14.5. The van der Waals surface area contributed by atoms with Gasteiger partial charge in [-0.1, -0.05) is 62.3 Å². The molecule has 2 bridgehead atoms. The van der Waals surface area contributed by atoms with Crippen molar-refractivity contribution in [2.45, 2.75) is 195 Å². The normalized spacial score (nSPS) is 30.9. The van der Waals surface area contributed by atoms with Gasteiger partial charge in [-0.15, -0.1) is 46.4 Å². The average Bonchev–Trinajstić information content (AvgIpc) is 1.56. The molecule has 52 heteroatoms. The smallest absolute Gasteiger partial charge is 0.351 e. The maximum absolute atomic E-state index is 14.5.